The van der Waals surface area contributed by atoms with Gasteiger partial charge in [0, 0.05) is 43.9 Å². The highest BCUT2D eigenvalue weighted by atomic mass is 16.5. The lowest BCUT2D eigenvalue weighted by molar-refractivity contribution is 0.0763. The van der Waals surface area contributed by atoms with E-state index in [1.807, 2.05) is 35.2 Å². The van der Waals surface area contributed by atoms with Gasteiger partial charge in [0.15, 0.2) is 0 Å². The minimum Gasteiger partial charge on any atom is -0.378 e. The summed E-state index contributed by atoms with van der Waals surface area (Å²) in [6, 6.07) is 9.50. The summed E-state index contributed by atoms with van der Waals surface area (Å²) in [5.41, 5.74) is 4.06. The van der Waals surface area contributed by atoms with Crippen LogP contribution in [-0.4, -0.2) is 60.2 Å². The van der Waals surface area contributed by atoms with Crippen molar-refractivity contribution in [3.05, 3.63) is 52.8 Å². The van der Waals surface area contributed by atoms with Gasteiger partial charge in [-0.05, 0) is 31.0 Å². The lowest BCUT2D eigenvalue weighted by atomic mass is 10.1. The Morgan fingerprint density at radius 3 is 2.50 bits per heavy atom. The van der Waals surface area contributed by atoms with Crippen molar-refractivity contribution in [3.63, 3.8) is 0 Å². The summed E-state index contributed by atoms with van der Waals surface area (Å²) in [5, 5.41) is 0. The first-order chi connectivity index (χ1) is 12.7. The van der Waals surface area contributed by atoms with Crippen molar-refractivity contribution in [1.29, 1.82) is 0 Å². The number of anilines is 1. The van der Waals surface area contributed by atoms with Crippen LogP contribution in [0.4, 0.5) is 5.95 Å². The molecular formula is C20H24N4O2. The molecule has 0 atom stereocenters. The highest BCUT2D eigenvalue weighted by Gasteiger charge is 2.24. The molecule has 2 aliphatic rings. The number of aryl methyl sites for hydroxylation is 1. The van der Waals surface area contributed by atoms with E-state index in [0.29, 0.717) is 13.1 Å². The van der Waals surface area contributed by atoms with Gasteiger partial charge in [-0.15, -0.1) is 0 Å². The minimum atomic E-state index is 0.0948. The Morgan fingerprint density at radius 2 is 1.73 bits per heavy atom. The quantitative estimate of drug-likeness (QED) is 0.826. The Morgan fingerprint density at radius 1 is 1.00 bits per heavy atom. The van der Waals surface area contributed by atoms with Crippen LogP contribution >= 0.6 is 0 Å². The Balaban J connectivity index is 1.54. The molecule has 2 aliphatic heterocycles. The molecule has 1 aromatic carbocycles. The molecule has 2 aromatic rings. The van der Waals surface area contributed by atoms with Crippen LogP contribution in [0.15, 0.2) is 30.3 Å². The molecule has 136 valence electrons. The van der Waals surface area contributed by atoms with Gasteiger partial charge in [-0.2, -0.15) is 0 Å². The Kier molecular flexibility index (Phi) is 4.84. The number of hydrogen-bond donors (Lipinski definition) is 0. The summed E-state index contributed by atoms with van der Waals surface area (Å²) in [4.78, 5) is 26.5. The third kappa shape index (κ3) is 3.42. The second kappa shape index (κ2) is 7.41. The number of morpholine rings is 1. The van der Waals surface area contributed by atoms with Crippen LogP contribution in [0.2, 0.25) is 0 Å². The van der Waals surface area contributed by atoms with Crippen molar-refractivity contribution in [2.45, 2.75) is 19.8 Å². The van der Waals surface area contributed by atoms with Gasteiger partial charge in [-0.3, -0.25) is 4.79 Å². The van der Waals surface area contributed by atoms with E-state index >= 15 is 0 Å². The van der Waals surface area contributed by atoms with Crippen molar-refractivity contribution in [2.75, 3.05) is 44.3 Å². The normalized spacial score (nSPS) is 17.6. The molecule has 1 amide bonds. The van der Waals surface area contributed by atoms with Crippen LogP contribution in [-0.2, 0) is 17.6 Å². The molecule has 0 unspecified atom stereocenters. The Labute approximate surface area is 153 Å². The molecule has 1 aromatic heterocycles. The average Bonchev–Trinajstić information content (AvgIpc) is 2.92. The first-order valence-electron chi connectivity index (χ1n) is 9.26. The lowest BCUT2D eigenvalue weighted by Gasteiger charge is -2.27. The van der Waals surface area contributed by atoms with Crippen LogP contribution < -0.4 is 4.90 Å². The maximum atomic E-state index is 12.8. The molecule has 0 bridgehead atoms. The second-order valence-electron chi connectivity index (χ2n) is 6.79. The van der Waals surface area contributed by atoms with E-state index in [4.69, 9.17) is 14.7 Å². The summed E-state index contributed by atoms with van der Waals surface area (Å²) < 4.78 is 5.43. The van der Waals surface area contributed by atoms with Crippen molar-refractivity contribution >= 4 is 11.9 Å². The Hall–Kier alpha value is -2.47. The maximum absolute atomic E-state index is 12.8. The van der Waals surface area contributed by atoms with Gasteiger partial charge in [0.2, 0.25) is 5.95 Å². The number of hydrogen-bond acceptors (Lipinski definition) is 5. The van der Waals surface area contributed by atoms with E-state index in [1.165, 1.54) is 5.56 Å². The van der Waals surface area contributed by atoms with Gasteiger partial charge in [-0.25, -0.2) is 9.97 Å². The van der Waals surface area contributed by atoms with Crippen LogP contribution in [0.5, 0.6) is 0 Å². The third-order valence-corrected chi connectivity index (χ3v) is 5.14. The maximum Gasteiger partial charge on any atom is 0.253 e. The lowest BCUT2D eigenvalue weighted by Crippen LogP contribution is -2.37. The van der Waals surface area contributed by atoms with Gasteiger partial charge < -0.3 is 14.5 Å². The van der Waals surface area contributed by atoms with E-state index in [9.17, 15) is 4.79 Å². The molecule has 0 aliphatic carbocycles. The SMILES string of the molecule is Cc1nc(N2CCOCC2)nc2c1CCN(C(=O)c1ccccc1)CC2. The van der Waals surface area contributed by atoms with Crippen molar-refractivity contribution in [2.24, 2.45) is 0 Å². The number of amides is 1. The zero-order valence-electron chi connectivity index (χ0n) is 15.1. The van der Waals surface area contributed by atoms with Gasteiger partial charge in [0.05, 0.1) is 18.9 Å². The zero-order valence-corrected chi connectivity index (χ0v) is 15.1. The smallest absolute Gasteiger partial charge is 0.253 e. The molecule has 0 N–H and O–H groups in total. The van der Waals surface area contributed by atoms with E-state index in [1.54, 1.807) is 0 Å². The summed E-state index contributed by atoms with van der Waals surface area (Å²) in [7, 11) is 0. The number of carbonyl (C=O) groups is 1. The van der Waals surface area contributed by atoms with Gasteiger partial charge >= 0.3 is 0 Å². The number of nitrogens with zero attached hydrogens (tertiary/aromatic N) is 4. The molecule has 0 spiro atoms. The fraction of sp³-hybridized carbons (Fsp3) is 0.450. The third-order valence-electron chi connectivity index (χ3n) is 5.14. The largest absolute Gasteiger partial charge is 0.378 e. The van der Waals surface area contributed by atoms with Crippen molar-refractivity contribution < 1.29 is 9.53 Å². The second-order valence-corrected chi connectivity index (χ2v) is 6.79. The average molecular weight is 352 g/mol. The number of ether oxygens (including phenoxy) is 1. The van der Waals surface area contributed by atoms with E-state index in [2.05, 4.69) is 11.8 Å². The predicted molar refractivity (Wildman–Crippen MR) is 99.6 cm³/mol. The van der Waals surface area contributed by atoms with E-state index in [-0.39, 0.29) is 5.91 Å². The highest BCUT2D eigenvalue weighted by Crippen LogP contribution is 2.22. The summed E-state index contributed by atoms with van der Waals surface area (Å²) in [5.74, 6) is 0.893. The standard InChI is InChI=1S/C20H24N4O2/c1-15-17-7-9-23(19(25)16-5-3-2-4-6-16)10-8-18(17)22-20(21-15)24-11-13-26-14-12-24/h2-6H,7-14H2,1H3. The first kappa shape index (κ1) is 17.0. The minimum absolute atomic E-state index is 0.0948. The molecule has 6 heteroatoms. The summed E-state index contributed by atoms with van der Waals surface area (Å²) >= 11 is 0. The fourth-order valence-corrected chi connectivity index (χ4v) is 3.64. The van der Waals surface area contributed by atoms with Gasteiger partial charge in [0.1, 0.15) is 0 Å². The van der Waals surface area contributed by atoms with Gasteiger partial charge in [0.25, 0.3) is 5.91 Å². The monoisotopic (exact) mass is 352 g/mol. The van der Waals surface area contributed by atoms with E-state index in [0.717, 1.165) is 62.0 Å². The van der Waals surface area contributed by atoms with Crippen LogP contribution in [0.25, 0.3) is 0 Å². The summed E-state index contributed by atoms with van der Waals surface area (Å²) in [6.07, 6.45) is 1.58. The molecule has 1 saturated heterocycles. The summed E-state index contributed by atoms with van der Waals surface area (Å²) in [6.45, 7) is 6.56. The number of benzene rings is 1. The van der Waals surface area contributed by atoms with E-state index < -0.39 is 0 Å². The molecule has 6 nitrogen and oxygen atoms in total. The number of carbonyl (C=O) groups excluding carboxylic acids is 1. The van der Waals surface area contributed by atoms with Crippen molar-refractivity contribution in [3.8, 4) is 0 Å². The topological polar surface area (TPSA) is 58.6 Å². The molecule has 3 heterocycles. The molecule has 0 radical (unpaired) electrons. The predicted octanol–water partition coefficient (Wildman–Crippen LogP) is 1.86. The molecule has 26 heavy (non-hydrogen) atoms. The van der Waals surface area contributed by atoms with Crippen molar-refractivity contribution in [1.82, 2.24) is 14.9 Å². The molecule has 1 fully saturated rings. The fourth-order valence-electron chi connectivity index (χ4n) is 3.64. The number of aromatic nitrogens is 2. The zero-order chi connectivity index (χ0) is 17.9. The van der Waals surface area contributed by atoms with Crippen LogP contribution in [0, 0.1) is 6.92 Å². The molecule has 4 rings (SSSR count). The van der Waals surface area contributed by atoms with Crippen LogP contribution in [0.1, 0.15) is 27.3 Å². The van der Waals surface area contributed by atoms with Crippen LogP contribution in [0.3, 0.4) is 0 Å². The number of fused-ring (bicyclic) bond motifs is 1. The Bertz CT molecular complexity index is 788. The van der Waals surface area contributed by atoms with Gasteiger partial charge in [-0.1, -0.05) is 18.2 Å². The number of rotatable bonds is 2. The first-order valence-corrected chi connectivity index (χ1v) is 9.26. The highest BCUT2D eigenvalue weighted by molar-refractivity contribution is 5.94. The molecular weight excluding hydrogens is 328 g/mol. The molecule has 0 saturated carbocycles.